The Labute approximate surface area is 98.4 Å². The molecular weight excluding hydrogens is 200 g/mol. The van der Waals surface area contributed by atoms with E-state index in [0.29, 0.717) is 6.73 Å². The highest BCUT2D eigenvalue weighted by Crippen LogP contribution is 2.13. The van der Waals surface area contributed by atoms with E-state index < -0.39 is 0 Å². The van der Waals surface area contributed by atoms with Crippen LogP contribution in [0.15, 0.2) is 18.2 Å². The van der Waals surface area contributed by atoms with E-state index in [4.69, 9.17) is 4.74 Å². The Morgan fingerprint density at radius 1 is 1.38 bits per heavy atom. The van der Waals surface area contributed by atoms with Crippen LogP contribution in [-0.2, 0) is 4.74 Å². The first kappa shape index (κ1) is 13.0. The molecule has 0 aromatic carbocycles. The fourth-order valence-corrected chi connectivity index (χ4v) is 1.48. The molecule has 0 radical (unpaired) electrons. The van der Waals surface area contributed by atoms with Crippen LogP contribution in [0, 0.1) is 6.92 Å². The maximum atomic E-state index is 5.36. The summed E-state index contributed by atoms with van der Waals surface area (Å²) in [4.78, 5) is 6.61. The zero-order valence-electron chi connectivity index (χ0n) is 10.6. The molecule has 1 aromatic rings. The van der Waals surface area contributed by atoms with E-state index in [1.54, 1.807) is 0 Å². The van der Waals surface area contributed by atoms with E-state index in [1.165, 1.54) is 6.42 Å². The second-order valence-corrected chi connectivity index (χ2v) is 4.00. The number of hydrogen-bond acceptors (Lipinski definition) is 3. The lowest BCUT2D eigenvalue weighted by molar-refractivity contribution is 0.106. The van der Waals surface area contributed by atoms with Crippen molar-refractivity contribution in [2.24, 2.45) is 0 Å². The number of aryl methyl sites for hydroxylation is 1. The molecule has 0 aliphatic carbocycles. The first-order valence-corrected chi connectivity index (χ1v) is 6.04. The first-order chi connectivity index (χ1) is 7.77. The molecule has 90 valence electrons. The molecule has 0 spiro atoms. The van der Waals surface area contributed by atoms with Gasteiger partial charge in [-0.2, -0.15) is 0 Å². The van der Waals surface area contributed by atoms with Crippen LogP contribution in [0.1, 0.15) is 32.4 Å². The molecule has 16 heavy (non-hydrogen) atoms. The second-order valence-electron chi connectivity index (χ2n) is 4.00. The zero-order chi connectivity index (χ0) is 11.8. The third kappa shape index (κ3) is 4.19. The van der Waals surface area contributed by atoms with E-state index in [1.807, 2.05) is 25.1 Å². The van der Waals surface area contributed by atoms with Crippen molar-refractivity contribution in [3.8, 4) is 0 Å². The highest BCUT2D eigenvalue weighted by atomic mass is 16.5. The van der Waals surface area contributed by atoms with E-state index >= 15 is 0 Å². The Hall–Kier alpha value is -1.09. The van der Waals surface area contributed by atoms with Gasteiger partial charge >= 0.3 is 0 Å². The summed E-state index contributed by atoms with van der Waals surface area (Å²) in [5.41, 5.74) is 1.06. The lowest BCUT2D eigenvalue weighted by Gasteiger charge is -2.27. The van der Waals surface area contributed by atoms with Crippen LogP contribution in [0.4, 0.5) is 5.82 Å². The van der Waals surface area contributed by atoms with Gasteiger partial charge in [-0.3, -0.25) is 0 Å². The summed E-state index contributed by atoms with van der Waals surface area (Å²) < 4.78 is 5.36. The average molecular weight is 222 g/mol. The second kappa shape index (κ2) is 7.23. The summed E-state index contributed by atoms with van der Waals surface area (Å²) in [5.74, 6) is 1.03. The maximum absolute atomic E-state index is 5.36. The molecule has 0 bridgehead atoms. The number of hydrogen-bond donors (Lipinski definition) is 0. The molecule has 1 aromatic heterocycles. The number of ether oxygens (including phenoxy) is 1. The number of nitrogens with zero attached hydrogens (tertiary/aromatic N) is 2. The monoisotopic (exact) mass is 222 g/mol. The van der Waals surface area contributed by atoms with Crippen LogP contribution in [-0.4, -0.2) is 24.9 Å². The summed E-state index contributed by atoms with van der Waals surface area (Å²) in [6, 6.07) is 6.07. The number of rotatable bonds is 1. The first-order valence-electron chi connectivity index (χ1n) is 6.04. The highest BCUT2D eigenvalue weighted by molar-refractivity contribution is 5.38. The fourth-order valence-electron chi connectivity index (χ4n) is 1.48. The molecule has 2 heterocycles. The van der Waals surface area contributed by atoms with Gasteiger partial charge < -0.3 is 9.64 Å². The third-order valence-corrected chi connectivity index (χ3v) is 2.16. The van der Waals surface area contributed by atoms with Gasteiger partial charge in [0.15, 0.2) is 0 Å². The van der Waals surface area contributed by atoms with Crippen molar-refractivity contribution in [2.45, 2.75) is 33.6 Å². The van der Waals surface area contributed by atoms with Crippen LogP contribution in [0.3, 0.4) is 0 Å². The van der Waals surface area contributed by atoms with E-state index in [0.717, 1.165) is 31.1 Å². The largest absolute Gasteiger partial charge is 0.361 e. The van der Waals surface area contributed by atoms with Crippen molar-refractivity contribution in [2.75, 3.05) is 24.8 Å². The summed E-state index contributed by atoms with van der Waals surface area (Å²) in [6.45, 7) is 8.86. The minimum atomic E-state index is 0.677. The van der Waals surface area contributed by atoms with E-state index in [2.05, 4.69) is 23.7 Å². The normalized spacial score (nSPS) is 15.3. The smallest absolute Gasteiger partial charge is 0.130 e. The lowest BCUT2D eigenvalue weighted by atomic mass is 10.3. The molecule has 1 aliphatic rings. The fraction of sp³-hybridized carbons (Fsp3) is 0.615. The van der Waals surface area contributed by atoms with Gasteiger partial charge in [-0.1, -0.05) is 26.3 Å². The van der Waals surface area contributed by atoms with Gasteiger partial charge in [0.05, 0.1) is 6.61 Å². The minimum Gasteiger partial charge on any atom is -0.361 e. The highest BCUT2D eigenvalue weighted by Gasteiger charge is 2.11. The Balaban J connectivity index is 0.000000386. The van der Waals surface area contributed by atoms with Gasteiger partial charge in [-0.15, -0.1) is 0 Å². The van der Waals surface area contributed by atoms with E-state index in [9.17, 15) is 0 Å². The van der Waals surface area contributed by atoms with Crippen LogP contribution in [0.2, 0.25) is 0 Å². The predicted octanol–water partition coefficient (Wildman–Crippen LogP) is 2.99. The topological polar surface area (TPSA) is 25.4 Å². The van der Waals surface area contributed by atoms with Gasteiger partial charge in [0.1, 0.15) is 12.5 Å². The summed E-state index contributed by atoms with van der Waals surface area (Å²) >= 11 is 0. The SMILES string of the molecule is CCC.Cc1cccc(N2CCCOC2)n1. The van der Waals surface area contributed by atoms with Crippen molar-refractivity contribution in [1.82, 2.24) is 4.98 Å². The molecule has 1 aliphatic heterocycles. The van der Waals surface area contributed by atoms with Crippen molar-refractivity contribution in [3.05, 3.63) is 23.9 Å². The molecule has 2 rings (SSSR count). The predicted molar refractivity (Wildman–Crippen MR) is 67.7 cm³/mol. The molecule has 0 atom stereocenters. The Bertz CT molecular complexity index is 296. The van der Waals surface area contributed by atoms with Crippen molar-refractivity contribution >= 4 is 5.82 Å². The van der Waals surface area contributed by atoms with Crippen LogP contribution in [0.25, 0.3) is 0 Å². The van der Waals surface area contributed by atoms with Crippen LogP contribution < -0.4 is 4.90 Å². The van der Waals surface area contributed by atoms with Gasteiger partial charge in [-0.05, 0) is 25.5 Å². The van der Waals surface area contributed by atoms with Crippen molar-refractivity contribution < 1.29 is 4.74 Å². The standard InChI is InChI=1S/C10H14N2O.C3H8/c1-9-4-2-5-10(11-9)12-6-3-7-13-8-12;1-3-2/h2,4-5H,3,6-8H2,1H3;3H2,1-2H3. The molecule has 1 fully saturated rings. The molecule has 1 saturated heterocycles. The molecular formula is C13H22N2O. The van der Waals surface area contributed by atoms with Gasteiger partial charge in [0.25, 0.3) is 0 Å². The van der Waals surface area contributed by atoms with Gasteiger partial charge in [0.2, 0.25) is 0 Å². The summed E-state index contributed by atoms with van der Waals surface area (Å²) in [7, 11) is 0. The van der Waals surface area contributed by atoms with Crippen LogP contribution in [0.5, 0.6) is 0 Å². The lowest BCUT2D eigenvalue weighted by Crippen LogP contribution is -2.33. The average Bonchev–Trinajstić information content (AvgIpc) is 2.31. The molecule has 3 nitrogen and oxygen atoms in total. The molecule has 0 saturated carbocycles. The Morgan fingerprint density at radius 2 is 2.12 bits per heavy atom. The quantitative estimate of drug-likeness (QED) is 0.730. The summed E-state index contributed by atoms with van der Waals surface area (Å²) in [5, 5.41) is 0. The van der Waals surface area contributed by atoms with Gasteiger partial charge in [-0.25, -0.2) is 4.98 Å². The Kier molecular flexibility index (Phi) is 5.86. The maximum Gasteiger partial charge on any atom is 0.130 e. The molecule has 3 heteroatoms. The number of pyridine rings is 1. The minimum absolute atomic E-state index is 0.677. The third-order valence-electron chi connectivity index (χ3n) is 2.16. The summed E-state index contributed by atoms with van der Waals surface area (Å²) in [6.07, 6.45) is 2.34. The molecule has 0 unspecified atom stereocenters. The Morgan fingerprint density at radius 3 is 2.69 bits per heavy atom. The number of anilines is 1. The van der Waals surface area contributed by atoms with E-state index in [-0.39, 0.29) is 0 Å². The number of aromatic nitrogens is 1. The zero-order valence-corrected chi connectivity index (χ0v) is 10.6. The molecule has 0 amide bonds. The van der Waals surface area contributed by atoms with Crippen molar-refractivity contribution in [3.63, 3.8) is 0 Å². The molecule has 0 N–H and O–H groups in total. The van der Waals surface area contributed by atoms with Crippen LogP contribution >= 0.6 is 0 Å². The van der Waals surface area contributed by atoms with Gasteiger partial charge in [0, 0.05) is 12.2 Å². The van der Waals surface area contributed by atoms with Crippen molar-refractivity contribution in [1.29, 1.82) is 0 Å².